The van der Waals surface area contributed by atoms with Crippen LogP contribution in [-0.2, 0) is 4.74 Å². The Morgan fingerprint density at radius 3 is 2.92 bits per heavy atom. The van der Waals surface area contributed by atoms with Crippen molar-refractivity contribution in [3.63, 3.8) is 0 Å². The Morgan fingerprint density at radius 1 is 1.67 bits per heavy atom. The molecule has 0 spiro atoms. The zero-order valence-electron chi connectivity index (χ0n) is 7.36. The molecule has 1 aromatic heterocycles. The normalized spacial score (nSPS) is 15.9. The van der Waals surface area contributed by atoms with Crippen molar-refractivity contribution in [3.8, 4) is 0 Å². The van der Waals surface area contributed by atoms with Crippen molar-refractivity contribution in [3.05, 3.63) is 22.4 Å². The third-order valence-electron chi connectivity index (χ3n) is 1.76. The molecule has 1 aromatic rings. The molecule has 3 heteroatoms. The van der Waals surface area contributed by atoms with E-state index in [2.05, 4.69) is 0 Å². The first-order chi connectivity index (χ1) is 5.75. The second-order valence-corrected chi connectivity index (χ2v) is 3.44. The van der Waals surface area contributed by atoms with Gasteiger partial charge in [0.1, 0.15) is 6.10 Å². The molecule has 0 saturated carbocycles. The summed E-state index contributed by atoms with van der Waals surface area (Å²) in [6.45, 7) is 4.45. The van der Waals surface area contributed by atoms with Gasteiger partial charge in [-0.2, -0.15) is 11.3 Å². The minimum absolute atomic E-state index is 0.121. The lowest BCUT2D eigenvalue weighted by atomic mass is 10.1. The molecule has 68 valence electrons. The van der Waals surface area contributed by atoms with Crippen LogP contribution in [0.15, 0.2) is 16.8 Å². The minimum atomic E-state index is -0.490. The fraction of sp³-hybridized carbons (Fsp3) is 0.556. The molecule has 0 aromatic carbocycles. The van der Waals surface area contributed by atoms with Crippen LogP contribution < -0.4 is 0 Å². The van der Waals surface area contributed by atoms with Gasteiger partial charge in [-0.25, -0.2) is 0 Å². The first-order valence-corrected chi connectivity index (χ1v) is 5.01. The Hall–Kier alpha value is -0.380. The molecule has 0 amide bonds. The number of hydrogen-bond acceptors (Lipinski definition) is 3. The average molecular weight is 186 g/mol. The molecule has 2 unspecified atom stereocenters. The van der Waals surface area contributed by atoms with E-state index in [1.807, 2.05) is 30.7 Å². The lowest BCUT2D eigenvalue weighted by Crippen LogP contribution is -2.17. The molecule has 1 N–H and O–H groups in total. The first-order valence-electron chi connectivity index (χ1n) is 4.07. The van der Waals surface area contributed by atoms with Gasteiger partial charge in [0.25, 0.3) is 0 Å². The summed E-state index contributed by atoms with van der Waals surface area (Å²) in [5, 5.41) is 13.6. The molecule has 1 heterocycles. The number of aliphatic hydroxyl groups is 1. The van der Waals surface area contributed by atoms with Crippen LogP contribution in [-0.4, -0.2) is 17.8 Å². The van der Waals surface area contributed by atoms with Gasteiger partial charge >= 0.3 is 0 Å². The third kappa shape index (κ3) is 2.30. The molecular weight excluding hydrogens is 172 g/mol. The fourth-order valence-corrected chi connectivity index (χ4v) is 1.76. The van der Waals surface area contributed by atoms with Crippen molar-refractivity contribution in [2.45, 2.75) is 26.1 Å². The van der Waals surface area contributed by atoms with E-state index in [0.29, 0.717) is 6.61 Å². The van der Waals surface area contributed by atoms with Crippen molar-refractivity contribution < 1.29 is 9.84 Å². The van der Waals surface area contributed by atoms with Gasteiger partial charge in [0.15, 0.2) is 0 Å². The van der Waals surface area contributed by atoms with E-state index in [0.717, 1.165) is 5.56 Å². The fourth-order valence-electron chi connectivity index (χ4n) is 1.07. The van der Waals surface area contributed by atoms with Crippen molar-refractivity contribution in [2.75, 3.05) is 6.61 Å². The van der Waals surface area contributed by atoms with E-state index in [4.69, 9.17) is 4.74 Å². The summed E-state index contributed by atoms with van der Waals surface area (Å²) in [6, 6.07) is 1.92. The monoisotopic (exact) mass is 186 g/mol. The number of hydrogen-bond donors (Lipinski definition) is 1. The van der Waals surface area contributed by atoms with E-state index in [1.165, 1.54) is 0 Å². The van der Waals surface area contributed by atoms with E-state index >= 15 is 0 Å². The SMILES string of the molecule is CCOC(C)C(O)c1ccsc1. The summed E-state index contributed by atoms with van der Waals surface area (Å²) in [6.07, 6.45) is -0.610. The Morgan fingerprint density at radius 2 is 2.42 bits per heavy atom. The van der Waals surface area contributed by atoms with Crippen LogP contribution in [0.2, 0.25) is 0 Å². The van der Waals surface area contributed by atoms with Gasteiger partial charge < -0.3 is 9.84 Å². The van der Waals surface area contributed by atoms with Gasteiger partial charge in [-0.15, -0.1) is 0 Å². The van der Waals surface area contributed by atoms with Crippen LogP contribution in [0.3, 0.4) is 0 Å². The Bertz CT molecular complexity index is 208. The lowest BCUT2D eigenvalue weighted by molar-refractivity contribution is -0.0225. The van der Waals surface area contributed by atoms with Crippen LogP contribution in [0.25, 0.3) is 0 Å². The lowest BCUT2D eigenvalue weighted by Gasteiger charge is -2.17. The quantitative estimate of drug-likeness (QED) is 0.781. The van der Waals surface area contributed by atoms with Crippen LogP contribution in [0.1, 0.15) is 25.5 Å². The van der Waals surface area contributed by atoms with Crippen molar-refractivity contribution in [1.82, 2.24) is 0 Å². The third-order valence-corrected chi connectivity index (χ3v) is 2.46. The molecule has 0 aliphatic rings. The number of rotatable bonds is 4. The Kier molecular flexibility index (Phi) is 3.72. The van der Waals surface area contributed by atoms with Gasteiger partial charge in [0.05, 0.1) is 6.10 Å². The highest BCUT2D eigenvalue weighted by molar-refractivity contribution is 7.07. The van der Waals surface area contributed by atoms with Crippen LogP contribution in [0.4, 0.5) is 0 Å². The number of thiophene rings is 1. The van der Waals surface area contributed by atoms with E-state index in [1.54, 1.807) is 11.3 Å². The highest BCUT2D eigenvalue weighted by Gasteiger charge is 2.16. The molecule has 0 radical (unpaired) electrons. The van der Waals surface area contributed by atoms with Gasteiger partial charge in [0, 0.05) is 6.61 Å². The second kappa shape index (κ2) is 4.60. The van der Waals surface area contributed by atoms with Gasteiger partial charge in [-0.3, -0.25) is 0 Å². The van der Waals surface area contributed by atoms with E-state index in [-0.39, 0.29) is 6.10 Å². The van der Waals surface area contributed by atoms with Gasteiger partial charge in [-0.1, -0.05) is 0 Å². The van der Waals surface area contributed by atoms with Crippen molar-refractivity contribution in [2.24, 2.45) is 0 Å². The van der Waals surface area contributed by atoms with Crippen molar-refractivity contribution in [1.29, 1.82) is 0 Å². The summed E-state index contributed by atoms with van der Waals surface area (Å²) in [4.78, 5) is 0. The second-order valence-electron chi connectivity index (χ2n) is 2.66. The molecule has 2 nitrogen and oxygen atoms in total. The average Bonchev–Trinajstić information content (AvgIpc) is 2.55. The topological polar surface area (TPSA) is 29.5 Å². The highest BCUT2D eigenvalue weighted by atomic mass is 32.1. The van der Waals surface area contributed by atoms with Crippen LogP contribution >= 0.6 is 11.3 Å². The van der Waals surface area contributed by atoms with Crippen molar-refractivity contribution >= 4 is 11.3 Å². The summed E-state index contributed by atoms with van der Waals surface area (Å²) < 4.78 is 5.28. The molecule has 0 aliphatic carbocycles. The molecule has 2 atom stereocenters. The van der Waals surface area contributed by atoms with Gasteiger partial charge in [-0.05, 0) is 36.2 Å². The smallest absolute Gasteiger partial charge is 0.106 e. The minimum Gasteiger partial charge on any atom is -0.386 e. The molecule has 0 fully saturated rings. The molecule has 12 heavy (non-hydrogen) atoms. The predicted octanol–water partition coefficient (Wildman–Crippen LogP) is 2.21. The van der Waals surface area contributed by atoms with E-state index in [9.17, 15) is 5.11 Å². The van der Waals surface area contributed by atoms with Crippen LogP contribution in [0.5, 0.6) is 0 Å². The summed E-state index contributed by atoms with van der Waals surface area (Å²) in [5.74, 6) is 0. The molecule has 0 bridgehead atoms. The summed E-state index contributed by atoms with van der Waals surface area (Å²) in [7, 11) is 0. The molecule has 0 saturated heterocycles. The standard InChI is InChI=1S/C9H14O2S/c1-3-11-7(2)9(10)8-4-5-12-6-8/h4-7,9-10H,3H2,1-2H3. The number of ether oxygens (including phenoxy) is 1. The largest absolute Gasteiger partial charge is 0.386 e. The molecule has 1 rings (SSSR count). The Labute approximate surface area is 76.8 Å². The maximum atomic E-state index is 9.69. The zero-order chi connectivity index (χ0) is 8.97. The number of aliphatic hydroxyl groups excluding tert-OH is 1. The van der Waals surface area contributed by atoms with Gasteiger partial charge in [0.2, 0.25) is 0 Å². The maximum Gasteiger partial charge on any atom is 0.106 e. The van der Waals surface area contributed by atoms with E-state index < -0.39 is 6.10 Å². The summed E-state index contributed by atoms with van der Waals surface area (Å²) in [5.41, 5.74) is 0.945. The maximum absolute atomic E-state index is 9.69. The molecule has 0 aliphatic heterocycles. The predicted molar refractivity (Wildman–Crippen MR) is 50.4 cm³/mol. The Balaban J connectivity index is 2.53. The molecular formula is C9H14O2S. The first kappa shape index (κ1) is 9.71. The highest BCUT2D eigenvalue weighted by Crippen LogP contribution is 2.20. The zero-order valence-corrected chi connectivity index (χ0v) is 8.17. The summed E-state index contributed by atoms with van der Waals surface area (Å²) >= 11 is 1.59. The van der Waals surface area contributed by atoms with Crippen LogP contribution in [0, 0.1) is 0 Å².